The van der Waals surface area contributed by atoms with Crippen LogP contribution in [0.25, 0.3) is 38.8 Å². The minimum absolute atomic E-state index is 0.181. The zero-order valence-electron chi connectivity index (χ0n) is 20.6. The number of aryl methyl sites for hydroxylation is 1. The second kappa shape index (κ2) is 7.94. The van der Waals surface area contributed by atoms with Crippen LogP contribution in [0.2, 0.25) is 0 Å². The van der Waals surface area contributed by atoms with E-state index < -0.39 is 17.3 Å². The van der Waals surface area contributed by atoms with Crippen LogP contribution in [0, 0.1) is 0 Å². The molecule has 0 aliphatic carbocycles. The summed E-state index contributed by atoms with van der Waals surface area (Å²) in [5, 5.41) is 4.37. The molecule has 4 heterocycles. The van der Waals surface area contributed by atoms with Crippen LogP contribution in [0.3, 0.4) is 0 Å². The van der Waals surface area contributed by atoms with E-state index in [-0.39, 0.29) is 5.43 Å². The Hall–Kier alpha value is -5.11. The molecule has 1 atom stereocenters. The van der Waals surface area contributed by atoms with Gasteiger partial charge in [0, 0.05) is 14.1 Å². The second-order valence-corrected chi connectivity index (χ2v) is 9.48. The molecule has 1 aliphatic rings. The molecule has 3 aromatic heterocycles. The van der Waals surface area contributed by atoms with Gasteiger partial charge in [0.05, 0.1) is 44.6 Å². The van der Waals surface area contributed by atoms with Gasteiger partial charge in [0.2, 0.25) is 0 Å². The maximum atomic E-state index is 13.8. The van der Waals surface area contributed by atoms with Crippen molar-refractivity contribution in [2.75, 3.05) is 5.32 Å². The molecule has 1 N–H and O–H groups in total. The molecular weight excluding hydrogens is 480 g/mol. The second-order valence-electron chi connectivity index (χ2n) is 9.48. The standard InChI is InChI=1S/C30H22N4O4/c1-32-26-23(29(36)33(2)30(32)37)25(17-10-4-3-5-11-17)34-21-14-8-7-13-20(21)31-24(27(26)34)19-16-38-22-15-9-6-12-18(22)28(19)35/h3-16,24,31H,1-2H3. The largest absolute Gasteiger partial charge is 0.464 e. The van der Waals surface area contributed by atoms with Crippen LogP contribution in [0.1, 0.15) is 17.3 Å². The maximum Gasteiger partial charge on any atom is 0.331 e. The van der Waals surface area contributed by atoms with Crippen molar-refractivity contribution in [2.45, 2.75) is 6.04 Å². The molecule has 38 heavy (non-hydrogen) atoms. The van der Waals surface area contributed by atoms with E-state index in [9.17, 15) is 14.4 Å². The fraction of sp³-hybridized carbons (Fsp3) is 0.100. The first-order chi connectivity index (χ1) is 18.5. The molecule has 0 saturated carbocycles. The fourth-order valence-electron chi connectivity index (χ4n) is 5.61. The predicted molar refractivity (Wildman–Crippen MR) is 147 cm³/mol. The van der Waals surface area contributed by atoms with Crippen molar-refractivity contribution in [2.24, 2.45) is 14.1 Å². The van der Waals surface area contributed by atoms with E-state index in [0.29, 0.717) is 38.8 Å². The lowest BCUT2D eigenvalue weighted by atomic mass is 9.99. The third-order valence-corrected chi connectivity index (χ3v) is 7.39. The Morgan fingerprint density at radius 3 is 2.34 bits per heavy atom. The van der Waals surface area contributed by atoms with Gasteiger partial charge < -0.3 is 14.3 Å². The molecule has 7 rings (SSSR count). The van der Waals surface area contributed by atoms with Crippen LogP contribution >= 0.6 is 0 Å². The fourth-order valence-corrected chi connectivity index (χ4v) is 5.61. The third kappa shape index (κ3) is 2.88. The topological polar surface area (TPSA) is 91.2 Å². The van der Waals surface area contributed by atoms with Crippen molar-refractivity contribution in [3.8, 4) is 16.9 Å². The SMILES string of the molecule is Cn1c(=O)c2c(-c3ccccc3)n3c(c2n(C)c1=O)C(c1coc2ccccc2c1=O)Nc1ccccc1-3. The molecule has 186 valence electrons. The number of nitrogens with zero attached hydrogens (tertiary/aromatic N) is 3. The average molecular weight is 503 g/mol. The highest BCUT2D eigenvalue weighted by Crippen LogP contribution is 2.45. The Morgan fingerprint density at radius 1 is 0.816 bits per heavy atom. The van der Waals surface area contributed by atoms with E-state index in [4.69, 9.17) is 4.42 Å². The summed E-state index contributed by atoms with van der Waals surface area (Å²) in [7, 11) is 3.14. The molecule has 0 spiro atoms. The molecule has 0 amide bonds. The highest BCUT2D eigenvalue weighted by atomic mass is 16.3. The minimum Gasteiger partial charge on any atom is -0.464 e. The van der Waals surface area contributed by atoms with E-state index in [2.05, 4.69) is 5.32 Å². The van der Waals surface area contributed by atoms with Gasteiger partial charge in [0.1, 0.15) is 17.9 Å². The van der Waals surface area contributed by atoms with Gasteiger partial charge in [-0.3, -0.25) is 18.7 Å². The predicted octanol–water partition coefficient (Wildman–Crippen LogP) is 4.32. The van der Waals surface area contributed by atoms with Crippen LogP contribution in [-0.2, 0) is 14.1 Å². The number of anilines is 1. The molecule has 0 radical (unpaired) electrons. The van der Waals surface area contributed by atoms with Crippen molar-refractivity contribution < 1.29 is 4.42 Å². The van der Waals surface area contributed by atoms with Gasteiger partial charge in [-0.1, -0.05) is 54.6 Å². The smallest absolute Gasteiger partial charge is 0.331 e. The Labute approximate surface area is 215 Å². The summed E-state index contributed by atoms with van der Waals surface area (Å²) in [5.41, 5.74) is 4.02. The Kier molecular flexibility index (Phi) is 4.62. The van der Waals surface area contributed by atoms with Crippen molar-refractivity contribution in [3.63, 3.8) is 0 Å². The van der Waals surface area contributed by atoms with Crippen molar-refractivity contribution >= 4 is 27.6 Å². The molecule has 0 fully saturated rings. The summed E-state index contributed by atoms with van der Waals surface area (Å²) in [4.78, 5) is 40.7. The van der Waals surface area contributed by atoms with Crippen molar-refractivity contribution in [3.05, 3.63) is 127 Å². The summed E-state index contributed by atoms with van der Waals surface area (Å²) >= 11 is 0. The molecule has 3 aromatic carbocycles. The summed E-state index contributed by atoms with van der Waals surface area (Å²) in [5.74, 6) is 0. The Balaban J connectivity index is 1.71. The van der Waals surface area contributed by atoms with Crippen LogP contribution in [0.15, 0.2) is 104 Å². The number of rotatable bonds is 2. The van der Waals surface area contributed by atoms with Gasteiger partial charge in [-0.15, -0.1) is 0 Å². The number of para-hydroxylation sites is 3. The van der Waals surface area contributed by atoms with Gasteiger partial charge in [0.25, 0.3) is 5.56 Å². The van der Waals surface area contributed by atoms with E-state index in [1.54, 1.807) is 25.2 Å². The van der Waals surface area contributed by atoms with E-state index in [1.165, 1.54) is 17.9 Å². The van der Waals surface area contributed by atoms with Gasteiger partial charge in [-0.25, -0.2) is 4.79 Å². The lowest BCUT2D eigenvalue weighted by molar-refractivity contribution is 0.587. The summed E-state index contributed by atoms with van der Waals surface area (Å²) < 4.78 is 10.5. The summed E-state index contributed by atoms with van der Waals surface area (Å²) in [6, 6.07) is 23.8. The highest BCUT2D eigenvalue weighted by molar-refractivity contribution is 5.99. The third-order valence-electron chi connectivity index (χ3n) is 7.39. The molecule has 1 aliphatic heterocycles. The molecule has 0 saturated heterocycles. The molecule has 0 bridgehead atoms. The zero-order chi connectivity index (χ0) is 26.1. The molecule has 6 aromatic rings. The summed E-state index contributed by atoms with van der Waals surface area (Å²) in [6.45, 7) is 0. The Morgan fingerprint density at radius 2 is 1.53 bits per heavy atom. The first kappa shape index (κ1) is 22.1. The maximum absolute atomic E-state index is 13.8. The van der Waals surface area contributed by atoms with Gasteiger partial charge in [-0.2, -0.15) is 0 Å². The number of benzene rings is 3. The van der Waals surface area contributed by atoms with E-state index >= 15 is 0 Å². The monoisotopic (exact) mass is 502 g/mol. The lowest BCUT2D eigenvalue weighted by Gasteiger charge is -2.30. The average Bonchev–Trinajstić information content (AvgIpc) is 3.32. The lowest BCUT2D eigenvalue weighted by Crippen LogP contribution is -2.37. The van der Waals surface area contributed by atoms with Crippen molar-refractivity contribution in [1.82, 2.24) is 13.7 Å². The minimum atomic E-state index is -0.691. The van der Waals surface area contributed by atoms with Crippen LogP contribution in [0.5, 0.6) is 0 Å². The van der Waals surface area contributed by atoms with E-state index in [1.807, 2.05) is 65.2 Å². The van der Waals surface area contributed by atoms with Crippen LogP contribution in [-0.4, -0.2) is 13.7 Å². The van der Waals surface area contributed by atoms with Crippen molar-refractivity contribution in [1.29, 1.82) is 0 Å². The normalized spacial score (nSPS) is 14.3. The number of hydrogen-bond donors (Lipinski definition) is 1. The zero-order valence-corrected chi connectivity index (χ0v) is 20.6. The first-order valence-corrected chi connectivity index (χ1v) is 12.2. The number of hydrogen-bond acceptors (Lipinski definition) is 5. The Bertz CT molecular complexity index is 2100. The molecule has 1 unspecified atom stereocenters. The quantitative estimate of drug-likeness (QED) is 0.381. The number of aromatic nitrogens is 3. The van der Waals surface area contributed by atoms with Gasteiger partial charge in [0.15, 0.2) is 5.43 Å². The first-order valence-electron chi connectivity index (χ1n) is 12.2. The summed E-state index contributed by atoms with van der Waals surface area (Å²) in [6.07, 6.45) is 1.47. The van der Waals surface area contributed by atoms with E-state index in [0.717, 1.165) is 21.5 Å². The number of nitrogens with one attached hydrogen (secondary N) is 1. The molecule has 8 nitrogen and oxygen atoms in total. The molecule has 8 heteroatoms. The van der Waals surface area contributed by atoms with Crippen LogP contribution in [0.4, 0.5) is 5.69 Å². The van der Waals surface area contributed by atoms with Gasteiger partial charge >= 0.3 is 5.69 Å². The van der Waals surface area contributed by atoms with Crippen LogP contribution < -0.4 is 22.0 Å². The highest BCUT2D eigenvalue weighted by Gasteiger charge is 2.36. The van der Waals surface area contributed by atoms with Gasteiger partial charge in [-0.05, 0) is 29.8 Å². The number of fused-ring (bicyclic) bond motifs is 6. The molecular formula is C30H22N4O4.